The fourth-order valence-electron chi connectivity index (χ4n) is 3.53. The summed E-state index contributed by atoms with van der Waals surface area (Å²) < 4.78 is 1.82. The largest absolute Gasteiger partial charge is 0.335 e. The number of rotatable bonds is 4. The lowest BCUT2D eigenvalue weighted by atomic mass is 10.2. The average Bonchev–Trinajstić information content (AvgIpc) is 3.12. The van der Waals surface area contributed by atoms with E-state index in [0.29, 0.717) is 18.8 Å². The molecular weight excluding hydrogens is 372 g/mol. The summed E-state index contributed by atoms with van der Waals surface area (Å²) >= 11 is 5.95. The van der Waals surface area contributed by atoms with Crippen molar-refractivity contribution in [3.8, 4) is 5.69 Å². The summed E-state index contributed by atoms with van der Waals surface area (Å²) in [5.74, 6) is 0.00363. The minimum atomic E-state index is 0.00363. The number of carbonyl (C=O) groups is 1. The van der Waals surface area contributed by atoms with Crippen LogP contribution in [0, 0.1) is 6.92 Å². The highest BCUT2D eigenvalue weighted by molar-refractivity contribution is 6.30. The Morgan fingerprint density at radius 2 is 1.68 bits per heavy atom. The molecule has 4 rings (SSSR count). The van der Waals surface area contributed by atoms with Gasteiger partial charge in [-0.2, -0.15) is 5.10 Å². The third kappa shape index (κ3) is 4.11. The highest BCUT2D eigenvalue weighted by atomic mass is 35.5. The molecule has 0 N–H and O–H groups in total. The lowest BCUT2D eigenvalue weighted by Crippen LogP contribution is -2.48. The van der Waals surface area contributed by atoms with Gasteiger partial charge >= 0.3 is 0 Å². The normalized spacial score (nSPS) is 15.0. The van der Waals surface area contributed by atoms with Gasteiger partial charge < -0.3 is 4.90 Å². The summed E-state index contributed by atoms with van der Waals surface area (Å²) in [6.07, 6.45) is 0. The first-order valence-electron chi connectivity index (χ1n) is 9.48. The molecule has 0 saturated carbocycles. The van der Waals surface area contributed by atoms with E-state index in [1.54, 1.807) is 0 Å². The first kappa shape index (κ1) is 18.7. The van der Waals surface area contributed by atoms with Crippen molar-refractivity contribution >= 4 is 17.5 Å². The molecule has 0 aliphatic carbocycles. The minimum absolute atomic E-state index is 0.00363. The predicted octanol–water partition coefficient (Wildman–Crippen LogP) is 3.79. The second-order valence-electron chi connectivity index (χ2n) is 7.11. The highest BCUT2D eigenvalue weighted by Gasteiger charge is 2.24. The number of hydrogen-bond donors (Lipinski definition) is 0. The van der Waals surface area contributed by atoms with Crippen LogP contribution in [-0.2, 0) is 6.54 Å². The van der Waals surface area contributed by atoms with Gasteiger partial charge in [0.05, 0.1) is 5.69 Å². The maximum Gasteiger partial charge on any atom is 0.274 e. The number of nitrogens with zero attached hydrogens (tertiary/aromatic N) is 4. The van der Waals surface area contributed by atoms with Crippen molar-refractivity contribution in [2.75, 3.05) is 26.2 Å². The van der Waals surface area contributed by atoms with E-state index >= 15 is 0 Å². The van der Waals surface area contributed by atoms with Crippen molar-refractivity contribution in [2.45, 2.75) is 13.5 Å². The molecule has 144 valence electrons. The number of amides is 1. The van der Waals surface area contributed by atoms with Gasteiger partial charge in [-0.05, 0) is 42.8 Å². The van der Waals surface area contributed by atoms with Gasteiger partial charge in [-0.1, -0.05) is 41.9 Å². The summed E-state index contributed by atoms with van der Waals surface area (Å²) in [6.45, 7) is 5.98. The van der Waals surface area contributed by atoms with Crippen LogP contribution >= 0.6 is 11.6 Å². The van der Waals surface area contributed by atoms with Gasteiger partial charge in [0.2, 0.25) is 0 Å². The van der Waals surface area contributed by atoms with Gasteiger partial charge in [0.1, 0.15) is 0 Å². The summed E-state index contributed by atoms with van der Waals surface area (Å²) in [4.78, 5) is 17.2. The maximum absolute atomic E-state index is 12.9. The van der Waals surface area contributed by atoms with E-state index in [9.17, 15) is 4.79 Å². The van der Waals surface area contributed by atoms with E-state index in [0.717, 1.165) is 36.0 Å². The van der Waals surface area contributed by atoms with Crippen LogP contribution in [0.5, 0.6) is 0 Å². The van der Waals surface area contributed by atoms with Crippen molar-refractivity contribution in [3.05, 3.63) is 82.6 Å². The molecule has 0 radical (unpaired) electrons. The summed E-state index contributed by atoms with van der Waals surface area (Å²) in [5, 5.41) is 5.30. The van der Waals surface area contributed by atoms with Gasteiger partial charge in [-0.3, -0.25) is 9.69 Å². The van der Waals surface area contributed by atoms with Crippen molar-refractivity contribution in [1.82, 2.24) is 19.6 Å². The molecule has 3 aromatic rings. The molecule has 0 spiro atoms. The molecule has 1 aliphatic rings. The molecule has 1 aromatic heterocycles. The lowest BCUT2D eigenvalue weighted by Gasteiger charge is -2.34. The number of para-hydroxylation sites is 1. The monoisotopic (exact) mass is 394 g/mol. The molecular formula is C22H23ClN4O. The Hall–Kier alpha value is -2.63. The smallest absolute Gasteiger partial charge is 0.274 e. The summed E-state index contributed by atoms with van der Waals surface area (Å²) in [6, 6.07) is 19.7. The van der Waals surface area contributed by atoms with Crippen LogP contribution in [-0.4, -0.2) is 51.7 Å². The van der Waals surface area contributed by atoms with E-state index in [2.05, 4.69) is 22.1 Å². The summed E-state index contributed by atoms with van der Waals surface area (Å²) in [5.41, 5.74) is 3.66. The van der Waals surface area contributed by atoms with Crippen molar-refractivity contribution in [3.63, 3.8) is 0 Å². The Balaban J connectivity index is 1.38. The topological polar surface area (TPSA) is 41.4 Å². The Morgan fingerprint density at radius 3 is 2.36 bits per heavy atom. The van der Waals surface area contributed by atoms with Crippen LogP contribution in [0.25, 0.3) is 5.69 Å². The Kier molecular flexibility index (Phi) is 5.46. The van der Waals surface area contributed by atoms with Crippen LogP contribution in [0.1, 0.15) is 21.7 Å². The number of aryl methyl sites for hydroxylation is 1. The molecule has 0 unspecified atom stereocenters. The molecule has 1 aliphatic heterocycles. The van der Waals surface area contributed by atoms with Crippen LogP contribution in [0.4, 0.5) is 0 Å². The van der Waals surface area contributed by atoms with Gasteiger partial charge in [0.15, 0.2) is 5.69 Å². The first-order valence-corrected chi connectivity index (χ1v) is 9.86. The van der Waals surface area contributed by atoms with E-state index in [1.807, 2.05) is 65.0 Å². The molecule has 1 saturated heterocycles. The van der Waals surface area contributed by atoms with E-state index in [1.165, 1.54) is 5.56 Å². The molecule has 2 heterocycles. The van der Waals surface area contributed by atoms with E-state index in [4.69, 9.17) is 11.6 Å². The highest BCUT2D eigenvalue weighted by Crippen LogP contribution is 2.16. The molecule has 2 aromatic carbocycles. The number of carbonyl (C=O) groups excluding carboxylic acids is 1. The fourth-order valence-corrected chi connectivity index (χ4v) is 3.65. The second-order valence-corrected chi connectivity index (χ2v) is 7.55. The number of aromatic nitrogens is 2. The molecule has 1 fully saturated rings. The van der Waals surface area contributed by atoms with Crippen molar-refractivity contribution in [2.24, 2.45) is 0 Å². The third-order valence-corrected chi connectivity index (χ3v) is 5.34. The van der Waals surface area contributed by atoms with Gasteiger partial charge in [-0.15, -0.1) is 0 Å². The second kappa shape index (κ2) is 8.17. The standard InChI is InChI=1S/C22H23ClN4O/c1-17-15-21(24-27(17)20-5-3-2-4-6-20)22(28)26-13-11-25(12-14-26)16-18-7-9-19(23)10-8-18/h2-10,15H,11-14,16H2,1H3. The lowest BCUT2D eigenvalue weighted by molar-refractivity contribution is 0.0622. The SMILES string of the molecule is Cc1cc(C(=O)N2CCN(Cc3ccc(Cl)cc3)CC2)nn1-c1ccccc1. The maximum atomic E-state index is 12.9. The zero-order chi connectivity index (χ0) is 19.5. The van der Waals surface area contributed by atoms with Crippen LogP contribution < -0.4 is 0 Å². The summed E-state index contributed by atoms with van der Waals surface area (Å²) in [7, 11) is 0. The molecule has 0 atom stereocenters. The molecule has 28 heavy (non-hydrogen) atoms. The van der Waals surface area contributed by atoms with Crippen molar-refractivity contribution < 1.29 is 4.79 Å². The molecule has 0 bridgehead atoms. The third-order valence-electron chi connectivity index (χ3n) is 5.09. The van der Waals surface area contributed by atoms with E-state index in [-0.39, 0.29) is 5.91 Å². The number of piperazine rings is 1. The molecule has 6 heteroatoms. The Morgan fingerprint density at radius 1 is 1.00 bits per heavy atom. The van der Waals surface area contributed by atoms with Crippen LogP contribution in [0.15, 0.2) is 60.7 Å². The minimum Gasteiger partial charge on any atom is -0.335 e. The molecule has 5 nitrogen and oxygen atoms in total. The number of hydrogen-bond acceptors (Lipinski definition) is 3. The Labute approximate surface area is 170 Å². The van der Waals surface area contributed by atoms with Gasteiger partial charge in [0.25, 0.3) is 5.91 Å². The molecule has 1 amide bonds. The van der Waals surface area contributed by atoms with Crippen LogP contribution in [0.2, 0.25) is 5.02 Å². The van der Waals surface area contributed by atoms with E-state index < -0.39 is 0 Å². The average molecular weight is 395 g/mol. The predicted molar refractivity (Wildman–Crippen MR) is 111 cm³/mol. The number of halogens is 1. The zero-order valence-corrected chi connectivity index (χ0v) is 16.6. The van der Waals surface area contributed by atoms with Crippen molar-refractivity contribution in [1.29, 1.82) is 0 Å². The van der Waals surface area contributed by atoms with Gasteiger partial charge in [-0.25, -0.2) is 4.68 Å². The van der Waals surface area contributed by atoms with Crippen LogP contribution in [0.3, 0.4) is 0 Å². The zero-order valence-electron chi connectivity index (χ0n) is 15.9. The first-order chi connectivity index (χ1) is 13.6. The number of benzene rings is 2. The van der Waals surface area contributed by atoms with Gasteiger partial charge in [0, 0.05) is 43.4 Å². The fraction of sp³-hybridized carbons (Fsp3) is 0.273. The quantitative estimate of drug-likeness (QED) is 0.676. The Bertz CT molecular complexity index is 944.